The molecule has 0 aliphatic heterocycles. The topological polar surface area (TPSA) is 60.7 Å². The minimum atomic E-state index is -0.626. The van der Waals surface area contributed by atoms with Crippen LogP contribution in [0.5, 0.6) is 0 Å². The highest BCUT2D eigenvalue weighted by atomic mass is 35.5. The molecule has 0 saturated heterocycles. The summed E-state index contributed by atoms with van der Waals surface area (Å²) in [6, 6.07) is 0. The molecular weight excluding hydrogens is 408 g/mol. The van der Waals surface area contributed by atoms with Crippen LogP contribution >= 0.6 is 11.6 Å². The fourth-order valence-electron chi connectivity index (χ4n) is 6.70. The van der Waals surface area contributed by atoms with Gasteiger partial charge in [-0.15, -0.1) is 11.6 Å². The molecule has 2 unspecified atom stereocenters. The summed E-state index contributed by atoms with van der Waals surface area (Å²) in [4.78, 5) is 0. The fraction of sp³-hybridized carbons (Fsp3) is 0.778. The maximum absolute atomic E-state index is 10.4. The summed E-state index contributed by atoms with van der Waals surface area (Å²) >= 11 is 5.93. The third kappa shape index (κ3) is 5.49. The van der Waals surface area contributed by atoms with Gasteiger partial charge in [0, 0.05) is 12.3 Å². The van der Waals surface area contributed by atoms with Gasteiger partial charge in [0.25, 0.3) is 0 Å². The first-order valence-corrected chi connectivity index (χ1v) is 12.9. The Labute approximate surface area is 194 Å². The molecule has 0 aromatic rings. The largest absolute Gasteiger partial charge is 0.393 e. The minimum Gasteiger partial charge on any atom is -0.393 e. The standard InChI is InChI=1S/C27H43ClO3/c1-17(7-12-25(30)18(2)16-28)23-10-11-24-20(6-5-13-27(23,24)4)8-9-21-14-22(29)15-26(31)19(21)3/h8-9,17-18,22-26,29-31H,3,5-7,10-16H2,1-2,4H3/b20-8?,21-9-/t17-,18?,22-,23-,24?,25-,26-,27-/m1/s1. The van der Waals surface area contributed by atoms with Gasteiger partial charge in [-0.3, -0.25) is 0 Å². The van der Waals surface area contributed by atoms with Crippen LogP contribution in [0.2, 0.25) is 0 Å². The molecule has 3 aliphatic rings. The number of alkyl halides is 1. The van der Waals surface area contributed by atoms with Gasteiger partial charge < -0.3 is 15.3 Å². The lowest BCUT2D eigenvalue weighted by atomic mass is 9.60. The van der Waals surface area contributed by atoms with Gasteiger partial charge in [-0.25, -0.2) is 0 Å². The average molecular weight is 451 g/mol. The SMILES string of the molecule is C=C1/C(=C\C=C2CCC[C@@]3(C)C2CC[C@@H]3[C@H](C)CC[C@@H](O)C(C)CCl)C[C@@H](O)C[C@H]1O. The Hall–Kier alpha value is -0.610. The molecule has 0 aromatic heterocycles. The van der Waals surface area contributed by atoms with E-state index in [1.54, 1.807) is 0 Å². The molecule has 176 valence electrons. The number of aliphatic hydroxyl groups is 3. The number of hydrogen-bond acceptors (Lipinski definition) is 3. The molecule has 31 heavy (non-hydrogen) atoms. The Morgan fingerprint density at radius 2 is 1.94 bits per heavy atom. The van der Waals surface area contributed by atoms with Crippen molar-refractivity contribution < 1.29 is 15.3 Å². The summed E-state index contributed by atoms with van der Waals surface area (Å²) in [6.45, 7) is 11.0. The van der Waals surface area contributed by atoms with Crippen molar-refractivity contribution in [2.75, 3.05) is 5.88 Å². The van der Waals surface area contributed by atoms with Gasteiger partial charge in [0.2, 0.25) is 0 Å². The van der Waals surface area contributed by atoms with Gasteiger partial charge in [-0.1, -0.05) is 45.1 Å². The van der Waals surface area contributed by atoms with Gasteiger partial charge in [-0.05, 0) is 91.6 Å². The second-order valence-electron chi connectivity index (χ2n) is 10.9. The van der Waals surface area contributed by atoms with E-state index in [0.717, 1.165) is 30.4 Å². The van der Waals surface area contributed by atoms with Crippen LogP contribution in [0.4, 0.5) is 0 Å². The van der Waals surface area contributed by atoms with E-state index in [1.807, 2.05) is 6.92 Å². The average Bonchev–Trinajstić information content (AvgIpc) is 3.10. The zero-order chi connectivity index (χ0) is 22.8. The Morgan fingerprint density at radius 3 is 2.65 bits per heavy atom. The fourth-order valence-corrected chi connectivity index (χ4v) is 6.91. The molecule has 0 amide bonds. The predicted octanol–water partition coefficient (Wildman–Crippen LogP) is 5.78. The molecule has 0 heterocycles. The quantitative estimate of drug-likeness (QED) is 0.431. The molecule has 4 heteroatoms. The van der Waals surface area contributed by atoms with Crippen molar-refractivity contribution >= 4 is 11.6 Å². The Bertz CT molecular complexity index is 699. The number of rotatable bonds is 7. The van der Waals surface area contributed by atoms with E-state index >= 15 is 0 Å². The lowest BCUT2D eigenvalue weighted by molar-refractivity contribution is 0.0722. The lowest BCUT2D eigenvalue weighted by Gasteiger charge is -2.44. The van der Waals surface area contributed by atoms with Crippen LogP contribution in [0.25, 0.3) is 0 Å². The van der Waals surface area contributed by atoms with E-state index in [0.29, 0.717) is 41.9 Å². The molecule has 8 atom stereocenters. The van der Waals surface area contributed by atoms with Gasteiger partial charge in [0.15, 0.2) is 0 Å². The molecule has 3 rings (SSSR count). The van der Waals surface area contributed by atoms with E-state index in [1.165, 1.54) is 31.3 Å². The van der Waals surface area contributed by atoms with Crippen LogP contribution in [0.1, 0.15) is 78.6 Å². The van der Waals surface area contributed by atoms with Crippen molar-refractivity contribution in [3.8, 4) is 0 Å². The maximum atomic E-state index is 10.4. The Balaban J connectivity index is 1.70. The van der Waals surface area contributed by atoms with Crippen molar-refractivity contribution in [1.82, 2.24) is 0 Å². The highest BCUT2D eigenvalue weighted by Crippen LogP contribution is 2.60. The highest BCUT2D eigenvalue weighted by molar-refractivity contribution is 6.18. The van der Waals surface area contributed by atoms with Crippen LogP contribution in [0.15, 0.2) is 35.5 Å². The molecule has 3 N–H and O–H groups in total. The summed E-state index contributed by atoms with van der Waals surface area (Å²) < 4.78 is 0. The second-order valence-corrected chi connectivity index (χ2v) is 11.2. The molecule has 0 aromatic carbocycles. The normalized spacial score (nSPS) is 39.5. The van der Waals surface area contributed by atoms with Gasteiger partial charge in [0.05, 0.1) is 18.3 Å². The number of aliphatic hydroxyl groups excluding tert-OH is 3. The molecule has 3 saturated carbocycles. The smallest absolute Gasteiger partial charge is 0.0811 e. The zero-order valence-corrected chi connectivity index (χ0v) is 20.4. The van der Waals surface area contributed by atoms with Crippen LogP contribution in [0.3, 0.4) is 0 Å². The molecular formula is C27H43ClO3. The zero-order valence-electron chi connectivity index (χ0n) is 19.7. The van der Waals surface area contributed by atoms with Gasteiger partial charge in [-0.2, -0.15) is 0 Å². The number of halogens is 1. The van der Waals surface area contributed by atoms with Crippen molar-refractivity contribution in [2.45, 2.75) is 96.9 Å². The van der Waals surface area contributed by atoms with E-state index in [2.05, 4.69) is 32.6 Å². The molecule has 0 bridgehead atoms. The van der Waals surface area contributed by atoms with Crippen LogP contribution in [-0.4, -0.2) is 39.5 Å². The van der Waals surface area contributed by atoms with E-state index < -0.39 is 12.2 Å². The molecule has 3 fully saturated rings. The third-order valence-corrected chi connectivity index (χ3v) is 9.29. The van der Waals surface area contributed by atoms with E-state index in [-0.39, 0.29) is 12.0 Å². The predicted molar refractivity (Wildman–Crippen MR) is 129 cm³/mol. The van der Waals surface area contributed by atoms with Gasteiger partial charge >= 0.3 is 0 Å². The first-order valence-electron chi connectivity index (χ1n) is 12.4. The molecule has 0 radical (unpaired) electrons. The monoisotopic (exact) mass is 450 g/mol. The van der Waals surface area contributed by atoms with Crippen molar-refractivity contribution in [3.05, 3.63) is 35.5 Å². The molecule has 3 aliphatic carbocycles. The van der Waals surface area contributed by atoms with Crippen molar-refractivity contribution in [3.63, 3.8) is 0 Å². The number of fused-ring (bicyclic) bond motifs is 1. The summed E-state index contributed by atoms with van der Waals surface area (Å²) in [7, 11) is 0. The Morgan fingerprint density at radius 1 is 1.19 bits per heavy atom. The third-order valence-electron chi connectivity index (χ3n) is 8.81. The second kappa shape index (κ2) is 10.5. The summed E-state index contributed by atoms with van der Waals surface area (Å²) in [6.07, 6.45) is 12.1. The number of hydrogen-bond donors (Lipinski definition) is 3. The first kappa shape index (κ1) is 25.0. The number of allylic oxidation sites excluding steroid dienone is 3. The van der Waals surface area contributed by atoms with E-state index in [9.17, 15) is 15.3 Å². The first-order chi connectivity index (χ1) is 14.7. The van der Waals surface area contributed by atoms with Crippen molar-refractivity contribution in [2.24, 2.45) is 29.1 Å². The maximum Gasteiger partial charge on any atom is 0.0811 e. The van der Waals surface area contributed by atoms with Gasteiger partial charge in [0.1, 0.15) is 0 Å². The van der Waals surface area contributed by atoms with Crippen molar-refractivity contribution in [1.29, 1.82) is 0 Å². The summed E-state index contributed by atoms with van der Waals surface area (Å²) in [5.41, 5.74) is 3.63. The summed E-state index contributed by atoms with van der Waals surface area (Å²) in [5, 5.41) is 30.5. The highest BCUT2D eigenvalue weighted by Gasteiger charge is 2.50. The molecule has 3 nitrogen and oxygen atoms in total. The lowest BCUT2D eigenvalue weighted by Crippen LogP contribution is -2.36. The summed E-state index contributed by atoms with van der Waals surface area (Å²) in [5.74, 6) is 2.59. The minimum absolute atomic E-state index is 0.157. The van der Waals surface area contributed by atoms with Crippen LogP contribution in [0, 0.1) is 29.1 Å². The van der Waals surface area contributed by atoms with Crippen LogP contribution < -0.4 is 0 Å². The Kier molecular flexibility index (Phi) is 8.51. The van der Waals surface area contributed by atoms with Crippen LogP contribution in [-0.2, 0) is 0 Å². The van der Waals surface area contributed by atoms with E-state index in [4.69, 9.17) is 11.6 Å². The molecule has 0 spiro atoms.